The van der Waals surface area contributed by atoms with Crippen molar-refractivity contribution in [2.75, 3.05) is 13.1 Å². The number of nitrogens with zero attached hydrogens (tertiary/aromatic N) is 4. The highest BCUT2D eigenvalue weighted by atomic mass is 79.9. The predicted molar refractivity (Wildman–Crippen MR) is 88.8 cm³/mol. The Kier molecular flexibility index (Phi) is 3.63. The van der Waals surface area contributed by atoms with E-state index in [1.54, 1.807) is 0 Å². The van der Waals surface area contributed by atoms with Crippen molar-refractivity contribution < 1.29 is 0 Å². The minimum Gasteiger partial charge on any atom is -0.316 e. The van der Waals surface area contributed by atoms with Crippen LogP contribution >= 0.6 is 15.9 Å². The Morgan fingerprint density at radius 3 is 2.73 bits per heavy atom. The van der Waals surface area contributed by atoms with Crippen LogP contribution in [0.4, 0.5) is 0 Å². The van der Waals surface area contributed by atoms with E-state index in [2.05, 4.69) is 43.6 Å². The second kappa shape index (κ2) is 5.78. The summed E-state index contributed by atoms with van der Waals surface area (Å²) in [7, 11) is 0. The molecule has 0 saturated carbocycles. The Hall–Kier alpha value is -1.79. The Balaban J connectivity index is 1.77. The molecule has 1 atom stereocenters. The summed E-state index contributed by atoms with van der Waals surface area (Å²) in [5.41, 5.74) is 2.83. The first kappa shape index (κ1) is 13.8. The molecule has 1 fully saturated rings. The molecular formula is C16H16BrN5. The number of aromatic nitrogens is 4. The average molecular weight is 358 g/mol. The summed E-state index contributed by atoms with van der Waals surface area (Å²) in [5, 5.41) is 16.8. The topological polar surface area (TPSA) is 55.1 Å². The molecular weight excluding hydrogens is 342 g/mol. The van der Waals surface area contributed by atoms with E-state index in [0.29, 0.717) is 5.92 Å². The van der Waals surface area contributed by atoms with Crippen molar-refractivity contribution in [2.24, 2.45) is 0 Å². The predicted octanol–water partition coefficient (Wildman–Crippen LogP) is 3.02. The smallest absolute Gasteiger partial charge is 0.177 e. The zero-order valence-corrected chi connectivity index (χ0v) is 13.6. The van der Waals surface area contributed by atoms with Gasteiger partial charge < -0.3 is 5.32 Å². The van der Waals surface area contributed by atoms with E-state index in [1.807, 2.05) is 28.8 Å². The number of hydrogen-bond acceptors (Lipinski definition) is 4. The fourth-order valence-corrected chi connectivity index (χ4v) is 3.17. The second-order valence-corrected chi connectivity index (χ2v) is 6.51. The molecule has 3 aromatic rings. The third kappa shape index (κ3) is 2.53. The maximum absolute atomic E-state index is 4.76. The van der Waals surface area contributed by atoms with Crippen molar-refractivity contribution >= 4 is 21.6 Å². The summed E-state index contributed by atoms with van der Waals surface area (Å²) in [6, 6.07) is 12.2. The minimum atomic E-state index is 0.386. The van der Waals surface area contributed by atoms with Crippen LogP contribution in [-0.2, 0) is 0 Å². The van der Waals surface area contributed by atoms with E-state index in [9.17, 15) is 0 Å². The summed E-state index contributed by atoms with van der Waals surface area (Å²) in [5.74, 6) is 1.34. The Labute approximate surface area is 136 Å². The highest BCUT2D eigenvalue weighted by Crippen LogP contribution is 2.24. The maximum Gasteiger partial charge on any atom is 0.177 e. The molecule has 2 aromatic heterocycles. The van der Waals surface area contributed by atoms with Gasteiger partial charge in [0.25, 0.3) is 0 Å². The SMILES string of the molecule is Brc1ccc(-c2ccc3nnc([C@@H]4CCCNC4)n3n2)cc1. The molecule has 112 valence electrons. The molecule has 0 bridgehead atoms. The fourth-order valence-electron chi connectivity index (χ4n) is 2.91. The molecule has 0 spiro atoms. The van der Waals surface area contributed by atoms with Gasteiger partial charge in [-0.3, -0.25) is 0 Å². The summed E-state index contributed by atoms with van der Waals surface area (Å²) in [6.45, 7) is 2.04. The van der Waals surface area contributed by atoms with Gasteiger partial charge in [-0.05, 0) is 43.7 Å². The highest BCUT2D eigenvalue weighted by Gasteiger charge is 2.21. The van der Waals surface area contributed by atoms with Crippen molar-refractivity contribution in [3.05, 3.63) is 46.7 Å². The lowest BCUT2D eigenvalue weighted by molar-refractivity contribution is 0.440. The van der Waals surface area contributed by atoms with E-state index in [4.69, 9.17) is 5.10 Å². The minimum absolute atomic E-state index is 0.386. The zero-order chi connectivity index (χ0) is 14.9. The number of nitrogens with one attached hydrogen (secondary N) is 1. The van der Waals surface area contributed by atoms with Gasteiger partial charge in [0.1, 0.15) is 0 Å². The van der Waals surface area contributed by atoms with Crippen LogP contribution < -0.4 is 5.32 Å². The molecule has 5 nitrogen and oxygen atoms in total. The molecule has 1 N–H and O–H groups in total. The van der Waals surface area contributed by atoms with E-state index in [0.717, 1.165) is 46.7 Å². The first-order valence-electron chi connectivity index (χ1n) is 7.50. The molecule has 6 heteroatoms. The summed E-state index contributed by atoms with van der Waals surface area (Å²) in [4.78, 5) is 0. The first-order chi connectivity index (χ1) is 10.8. The highest BCUT2D eigenvalue weighted by molar-refractivity contribution is 9.10. The van der Waals surface area contributed by atoms with E-state index in [-0.39, 0.29) is 0 Å². The fraction of sp³-hybridized carbons (Fsp3) is 0.312. The standard InChI is InChI=1S/C16H16BrN5/c17-13-5-3-11(4-6-13)14-7-8-15-19-20-16(22(15)21-14)12-2-1-9-18-10-12/h3-8,12,18H,1-2,9-10H2/t12-/m1/s1. The number of hydrogen-bond donors (Lipinski definition) is 1. The van der Waals surface area contributed by atoms with Crippen molar-refractivity contribution in [1.29, 1.82) is 0 Å². The van der Waals surface area contributed by atoms with Crippen molar-refractivity contribution in [2.45, 2.75) is 18.8 Å². The molecule has 4 rings (SSSR count). The molecule has 0 radical (unpaired) electrons. The van der Waals surface area contributed by atoms with Crippen molar-refractivity contribution in [3.63, 3.8) is 0 Å². The molecule has 22 heavy (non-hydrogen) atoms. The van der Waals surface area contributed by atoms with Gasteiger partial charge in [-0.15, -0.1) is 10.2 Å². The third-order valence-electron chi connectivity index (χ3n) is 4.09. The zero-order valence-electron chi connectivity index (χ0n) is 12.0. The Bertz CT molecular complexity index is 790. The van der Waals surface area contributed by atoms with Crippen LogP contribution in [0.3, 0.4) is 0 Å². The number of benzene rings is 1. The lowest BCUT2D eigenvalue weighted by Gasteiger charge is -2.20. The maximum atomic E-state index is 4.76. The number of fused-ring (bicyclic) bond motifs is 1. The van der Waals surface area contributed by atoms with Gasteiger partial charge in [0.05, 0.1) is 5.69 Å². The lowest BCUT2D eigenvalue weighted by atomic mass is 9.99. The van der Waals surface area contributed by atoms with Crippen LogP contribution in [0, 0.1) is 0 Å². The van der Waals surface area contributed by atoms with Gasteiger partial charge in [0.2, 0.25) is 0 Å². The molecule has 1 aromatic carbocycles. The van der Waals surface area contributed by atoms with Gasteiger partial charge >= 0.3 is 0 Å². The van der Waals surface area contributed by atoms with Gasteiger partial charge in [-0.25, -0.2) is 0 Å². The van der Waals surface area contributed by atoms with Gasteiger partial charge in [0.15, 0.2) is 11.5 Å². The van der Waals surface area contributed by atoms with Crippen LogP contribution in [0.15, 0.2) is 40.9 Å². The van der Waals surface area contributed by atoms with Gasteiger partial charge in [-0.1, -0.05) is 28.1 Å². The number of piperidine rings is 1. The molecule has 1 aliphatic heterocycles. The van der Waals surface area contributed by atoms with Gasteiger partial charge in [-0.2, -0.15) is 9.61 Å². The molecule has 0 amide bonds. The van der Waals surface area contributed by atoms with E-state index >= 15 is 0 Å². The summed E-state index contributed by atoms with van der Waals surface area (Å²) in [6.07, 6.45) is 2.31. The van der Waals surface area contributed by atoms with Crippen LogP contribution in [0.2, 0.25) is 0 Å². The molecule has 0 aliphatic carbocycles. The molecule has 1 saturated heterocycles. The van der Waals surface area contributed by atoms with E-state index in [1.165, 1.54) is 6.42 Å². The first-order valence-corrected chi connectivity index (χ1v) is 8.29. The molecule has 0 unspecified atom stereocenters. The number of halogens is 1. The van der Waals surface area contributed by atoms with E-state index < -0.39 is 0 Å². The molecule has 3 heterocycles. The average Bonchev–Trinajstić information content (AvgIpc) is 2.99. The summed E-state index contributed by atoms with van der Waals surface area (Å²) >= 11 is 3.46. The van der Waals surface area contributed by atoms with Gasteiger partial charge in [0, 0.05) is 22.5 Å². The lowest BCUT2D eigenvalue weighted by Crippen LogP contribution is -2.29. The largest absolute Gasteiger partial charge is 0.316 e. The third-order valence-corrected chi connectivity index (χ3v) is 4.62. The van der Waals surface area contributed by atoms with Crippen LogP contribution in [0.25, 0.3) is 16.9 Å². The van der Waals surface area contributed by atoms with Crippen molar-refractivity contribution in [1.82, 2.24) is 25.1 Å². The Morgan fingerprint density at radius 2 is 1.95 bits per heavy atom. The molecule has 1 aliphatic rings. The monoisotopic (exact) mass is 357 g/mol. The van der Waals surface area contributed by atoms with Crippen LogP contribution in [0.5, 0.6) is 0 Å². The quantitative estimate of drug-likeness (QED) is 0.765. The van der Waals surface area contributed by atoms with Crippen molar-refractivity contribution in [3.8, 4) is 11.3 Å². The normalized spacial score (nSPS) is 18.7. The summed E-state index contributed by atoms with van der Waals surface area (Å²) < 4.78 is 2.96. The number of rotatable bonds is 2. The second-order valence-electron chi connectivity index (χ2n) is 5.60. The van der Waals surface area contributed by atoms with Crippen LogP contribution in [-0.4, -0.2) is 32.9 Å². The Morgan fingerprint density at radius 1 is 1.09 bits per heavy atom. The van der Waals surface area contributed by atoms with Crippen LogP contribution in [0.1, 0.15) is 24.6 Å².